The van der Waals surface area contributed by atoms with E-state index < -0.39 is 51.9 Å². The molecule has 0 aromatic heterocycles. The van der Waals surface area contributed by atoms with Gasteiger partial charge in [-0.05, 0) is 59.9 Å². The second kappa shape index (κ2) is 11.4. The highest BCUT2D eigenvalue weighted by molar-refractivity contribution is 7.92. The largest absolute Gasteiger partial charge is 0.424 e. The van der Waals surface area contributed by atoms with Crippen molar-refractivity contribution in [2.75, 3.05) is 17.5 Å². The molecule has 0 radical (unpaired) electrons. The summed E-state index contributed by atoms with van der Waals surface area (Å²) in [5, 5.41) is 15.4. The van der Waals surface area contributed by atoms with Gasteiger partial charge in [0.1, 0.15) is 12.5 Å². The summed E-state index contributed by atoms with van der Waals surface area (Å²) >= 11 is 0. The number of anilines is 1. The number of aryl methyl sites for hydroxylation is 1. The molecule has 0 fully saturated rings. The van der Waals surface area contributed by atoms with Crippen molar-refractivity contribution in [1.29, 1.82) is 0 Å². The molecule has 0 bridgehead atoms. The van der Waals surface area contributed by atoms with Gasteiger partial charge in [0, 0.05) is 13.1 Å². The first-order chi connectivity index (χ1) is 18.9. The van der Waals surface area contributed by atoms with Crippen LogP contribution in [0.1, 0.15) is 23.1 Å². The number of carbonyl (C=O) groups excluding carboxylic acids is 1. The number of nitrogens with one attached hydrogen (secondary N) is 2. The molecule has 7 nitrogen and oxygen atoms in total. The van der Waals surface area contributed by atoms with Gasteiger partial charge >= 0.3 is 12.2 Å². The lowest BCUT2D eigenvalue weighted by Gasteiger charge is -2.39. The molecule has 0 saturated carbocycles. The summed E-state index contributed by atoms with van der Waals surface area (Å²) in [7, 11) is -4.39. The zero-order chi connectivity index (χ0) is 29.1. The third-order valence-corrected chi connectivity index (χ3v) is 8.58. The fourth-order valence-electron chi connectivity index (χ4n) is 4.49. The van der Waals surface area contributed by atoms with Crippen molar-refractivity contribution in [3.63, 3.8) is 0 Å². The van der Waals surface area contributed by atoms with Gasteiger partial charge in [-0.25, -0.2) is 22.0 Å². The normalized spacial score (nSPS) is 17.1. The highest BCUT2D eigenvalue weighted by Gasteiger charge is 2.55. The van der Waals surface area contributed by atoms with E-state index in [9.17, 15) is 40.3 Å². The third-order valence-electron chi connectivity index (χ3n) is 6.70. The number of sulfonamides is 1. The quantitative estimate of drug-likeness (QED) is 0.339. The van der Waals surface area contributed by atoms with Crippen LogP contribution in [0.2, 0.25) is 0 Å². The highest BCUT2D eigenvalue weighted by atomic mass is 32.2. The van der Waals surface area contributed by atoms with E-state index in [1.54, 1.807) is 12.1 Å². The van der Waals surface area contributed by atoms with E-state index in [2.05, 4.69) is 10.6 Å². The molecule has 2 atom stereocenters. The number of nitrogens with zero attached hydrogens (tertiary/aromatic N) is 1. The number of hydrogen-bond acceptors (Lipinski definition) is 4. The van der Waals surface area contributed by atoms with Gasteiger partial charge in [0.15, 0.2) is 0 Å². The number of urea groups is 1. The Labute approximate surface area is 227 Å². The van der Waals surface area contributed by atoms with Crippen molar-refractivity contribution in [2.45, 2.75) is 42.1 Å². The summed E-state index contributed by atoms with van der Waals surface area (Å²) in [6.07, 6.45) is -5.16. The lowest BCUT2D eigenvalue weighted by Crippen LogP contribution is -2.51. The molecule has 40 heavy (non-hydrogen) atoms. The van der Waals surface area contributed by atoms with E-state index in [-0.39, 0.29) is 42.1 Å². The molecular weight excluding hydrogens is 557 g/mol. The number of halogens is 5. The topological polar surface area (TPSA) is 98.7 Å². The standard InChI is InChI=1S/C27H26F5N3O4S/c28-17-26(37,27(30,31)32)20-7-13-24-19(14-20)6-10-22(16-34-25(36)33-15-18-4-2-1-3-5-18)35(24)40(38,39)23-11-8-21(29)9-12-23/h1-5,7-9,11-14,22,37H,6,10,15-17H2,(H2,33,34,36). The number of fused-ring (bicyclic) bond motifs is 1. The fourth-order valence-corrected chi connectivity index (χ4v) is 6.21. The Morgan fingerprint density at radius 3 is 2.30 bits per heavy atom. The second-order valence-electron chi connectivity index (χ2n) is 9.33. The van der Waals surface area contributed by atoms with Crippen LogP contribution in [0.3, 0.4) is 0 Å². The fraction of sp³-hybridized carbons (Fsp3) is 0.296. The lowest BCUT2D eigenvalue weighted by molar-refractivity contribution is -0.271. The van der Waals surface area contributed by atoms with Gasteiger partial charge in [0.05, 0.1) is 16.6 Å². The molecule has 2 unspecified atom stereocenters. The predicted molar refractivity (Wildman–Crippen MR) is 137 cm³/mol. The van der Waals surface area contributed by atoms with Gasteiger partial charge in [-0.3, -0.25) is 4.31 Å². The Bertz CT molecular complexity index is 1450. The summed E-state index contributed by atoms with van der Waals surface area (Å²) < 4.78 is 95.8. The van der Waals surface area contributed by atoms with E-state index in [0.29, 0.717) is 0 Å². The number of rotatable bonds is 8. The molecule has 0 saturated heterocycles. The Morgan fingerprint density at radius 2 is 1.68 bits per heavy atom. The van der Waals surface area contributed by atoms with Gasteiger partial charge in [0.2, 0.25) is 5.60 Å². The zero-order valence-electron chi connectivity index (χ0n) is 21.0. The molecular formula is C27H26F5N3O4S. The van der Waals surface area contributed by atoms with Crippen LogP contribution in [0.25, 0.3) is 0 Å². The van der Waals surface area contributed by atoms with Crippen molar-refractivity contribution >= 4 is 21.7 Å². The van der Waals surface area contributed by atoms with Crippen LogP contribution in [0, 0.1) is 5.82 Å². The molecule has 2 amide bonds. The zero-order valence-corrected chi connectivity index (χ0v) is 21.8. The van der Waals surface area contributed by atoms with Crippen LogP contribution in [-0.4, -0.2) is 45.0 Å². The smallest absolute Gasteiger partial charge is 0.374 e. The molecule has 0 spiro atoms. The van der Waals surface area contributed by atoms with Crippen LogP contribution >= 0.6 is 0 Å². The second-order valence-corrected chi connectivity index (χ2v) is 11.1. The number of amides is 2. The highest BCUT2D eigenvalue weighted by Crippen LogP contribution is 2.43. The van der Waals surface area contributed by atoms with Crippen molar-refractivity contribution in [3.8, 4) is 0 Å². The van der Waals surface area contributed by atoms with Crippen molar-refractivity contribution in [1.82, 2.24) is 10.6 Å². The Balaban J connectivity index is 1.65. The molecule has 4 rings (SSSR count). The summed E-state index contributed by atoms with van der Waals surface area (Å²) in [5.41, 5.74) is -3.56. The van der Waals surface area contributed by atoms with E-state index in [1.165, 1.54) is 0 Å². The van der Waals surface area contributed by atoms with Crippen LogP contribution in [0.15, 0.2) is 77.7 Å². The SMILES string of the molecule is O=C(NCc1ccccc1)NCC1CCc2cc(C(O)(CF)C(F)(F)F)ccc2N1S(=O)(=O)c1ccc(F)cc1. The van der Waals surface area contributed by atoms with Gasteiger partial charge in [-0.2, -0.15) is 13.2 Å². The maximum Gasteiger partial charge on any atom is 0.424 e. The van der Waals surface area contributed by atoms with Crippen molar-refractivity contribution < 1.29 is 40.3 Å². The van der Waals surface area contributed by atoms with Crippen molar-refractivity contribution in [2.24, 2.45) is 0 Å². The van der Waals surface area contributed by atoms with Crippen molar-refractivity contribution in [3.05, 3.63) is 95.3 Å². The first kappa shape index (κ1) is 29.3. The van der Waals surface area contributed by atoms with Gasteiger partial charge in [0.25, 0.3) is 10.0 Å². The number of aliphatic hydroxyl groups is 1. The number of benzene rings is 3. The molecule has 1 aliphatic heterocycles. The molecule has 1 aliphatic rings. The maximum absolute atomic E-state index is 13.7. The minimum Gasteiger partial charge on any atom is -0.374 e. The first-order valence-corrected chi connectivity index (χ1v) is 13.6. The molecule has 1 heterocycles. The summed E-state index contributed by atoms with van der Waals surface area (Å²) in [5.74, 6) is -0.673. The van der Waals surface area contributed by atoms with E-state index in [1.807, 2.05) is 18.2 Å². The van der Waals surface area contributed by atoms with Gasteiger partial charge in [-0.15, -0.1) is 0 Å². The molecule has 214 valence electrons. The van der Waals surface area contributed by atoms with Crippen LogP contribution in [0.5, 0.6) is 0 Å². The van der Waals surface area contributed by atoms with E-state index in [4.69, 9.17) is 0 Å². The first-order valence-electron chi connectivity index (χ1n) is 12.2. The van der Waals surface area contributed by atoms with Crippen LogP contribution < -0.4 is 14.9 Å². The summed E-state index contributed by atoms with van der Waals surface area (Å²) in [4.78, 5) is 12.2. The minimum absolute atomic E-state index is 0.000739. The van der Waals surface area contributed by atoms with Gasteiger partial charge in [-0.1, -0.05) is 42.5 Å². The van der Waals surface area contributed by atoms with E-state index >= 15 is 0 Å². The average Bonchev–Trinajstić information content (AvgIpc) is 2.93. The van der Waals surface area contributed by atoms with Gasteiger partial charge < -0.3 is 15.7 Å². The predicted octanol–water partition coefficient (Wildman–Crippen LogP) is 4.55. The van der Waals surface area contributed by atoms with E-state index in [0.717, 1.165) is 52.3 Å². The third kappa shape index (κ3) is 5.89. The monoisotopic (exact) mass is 583 g/mol. The molecule has 3 aromatic rings. The van der Waals surface area contributed by atoms with Crippen LogP contribution in [0.4, 0.5) is 32.4 Å². The molecule has 3 aromatic carbocycles. The Morgan fingerprint density at radius 1 is 1.00 bits per heavy atom. The summed E-state index contributed by atoms with van der Waals surface area (Å²) in [6, 6.07) is 14.5. The Hall–Kier alpha value is -3.71. The lowest BCUT2D eigenvalue weighted by atomic mass is 9.89. The summed E-state index contributed by atoms with van der Waals surface area (Å²) in [6.45, 7) is -2.06. The number of hydrogen-bond donors (Lipinski definition) is 3. The maximum atomic E-state index is 13.7. The molecule has 3 N–H and O–H groups in total. The Kier molecular flexibility index (Phi) is 8.36. The molecule has 0 aliphatic carbocycles. The van der Waals surface area contributed by atoms with Crippen LogP contribution in [-0.2, 0) is 28.6 Å². The number of alkyl halides is 4. The average molecular weight is 584 g/mol. The minimum atomic E-state index is -5.32. The molecule has 13 heteroatoms. The number of carbonyl (C=O) groups is 1.